The Morgan fingerprint density at radius 3 is 2.76 bits per heavy atom. The fourth-order valence-electron chi connectivity index (χ4n) is 2.60. The van der Waals surface area contributed by atoms with Crippen molar-refractivity contribution >= 4 is 21.8 Å². The summed E-state index contributed by atoms with van der Waals surface area (Å²) in [5, 5.41) is 11.5. The zero-order chi connectivity index (χ0) is 15.5. The monoisotopic (exact) mass is 320 g/mol. The van der Waals surface area contributed by atoms with Crippen LogP contribution in [0.2, 0.25) is 0 Å². The highest BCUT2D eigenvalue weighted by molar-refractivity contribution is 7.91. The lowest BCUT2D eigenvalue weighted by molar-refractivity contribution is -0.141. The molecule has 2 amide bonds. The summed E-state index contributed by atoms with van der Waals surface area (Å²) in [5.74, 6) is -0.683. The van der Waals surface area contributed by atoms with Crippen molar-refractivity contribution in [3.05, 3.63) is 0 Å². The number of carboxylic acids is 1. The van der Waals surface area contributed by atoms with E-state index >= 15 is 0 Å². The van der Waals surface area contributed by atoms with Crippen LogP contribution in [0.3, 0.4) is 0 Å². The molecule has 120 valence electrons. The van der Waals surface area contributed by atoms with Gasteiger partial charge in [0.15, 0.2) is 9.84 Å². The van der Waals surface area contributed by atoms with Crippen LogP contribution in [0.15, 0.2) is 0 Å². The first-order chi connectivity index (χ1) is 9.85. The maximum absolute atomic E-state index is 12.0. The third-order valence-electron chi connectivity index (χ3n) is 3.70. The zero-order valence-corrected chi connectivity index (χ0v) is 12.5. The predicted molar refractivity (Wildman–Crippen MR) is 73.7 cm³/mol. The summed E-state index contributed by atoms with van der Waals surface area (Å²) in [6, 6.07) is -0.294. The number of hydrogen-bond donors (Lipinski definition) is 2. The van der Waals surface area contributed by atoms with Gasteiger partial charge in [0.1, 0.15) is 0 Å². The molecule has 0 aromatic carbocycles. The van der Waals surface area contributed by atoms with Crippen LogP contribution in [0.25, 0.3) is 0 Å². The van der Waals surface area contributed by atoms with Gasteiger partial charge in [-0.05, 0) is 12.3 Å². The highest BCUT2D eigenvalue weighted by Crippen LogP contribution is 2.17. The van der Waals surface area contributed by atoms with Gasteiger partial charge in [-0.2, -0.15) is 0 Å². The maximum atomic E-state index is 12.0. The van der Waals surface area contributed by atoms with Crippen molar-refractivity contribution in [1.29, 1.82) is 0 Å². The third-order valence-corrected chi connectivity index (χ3v) is 5.53. The molecule has 21 heavy (non-hydrogen) atoms. The first kappa shape index (κ1) is 16.0. The molecule has 2 N–H and O–H groups in total. The van der Waals surface area contributed by atoms with Gasteiger partial charge in [-0.15, -0.1) is 0 Å². The molecule has 2 atom stereocenters. The molecule has 0 spiro atoms. The van der Waals surface area contributed by atoms with Gasteiger partial charge in [-0.1, -0.05) is 0 Å². The lowest BCUT2D eigenvalue weighted by Crippen LogP contribution is -2.50. The van der Waals surface area contributed by atoms with E-state index in [0.29, 0.717) is 26.1 Å². The summed E-state index contributed by atoms with van der Waals surface area (Å²) in [5.41, 5.74) is 0. The Morgan fingerprint density at radius 1 is 1.38 bits per heavy atom. The van der Waals surface area contributed by atoms with Gasteiger partial charge in [-0.3, -0.25) is 4.79 Å². The Bertz CT molecular complexity index is 506. The van der Waals surface area contributed by atoms with Crippen LogP contribution in [0.1, 0.15) is 12.8 Å². The number of carbonyl (C=O) groups is 2. The Kier molecular flexibility index (Phi) is 5.04. The number of morpholine rings is 1. The van der Waals surface area contributed by atoms with Gasteiger partial charge in [0.05, 0.1) is 30.6 Å². The number of sulfone groups is 1. The molecule has 0 bridgehead atoms. The van der Waals surface area contributed by atoms with Gasteiger partial charge in [0.2, 0.25) is 0 Å². The second-order valence-corrected chi connectivity index (χ2v) is 7.72. The quantitative estimate of drug-likeness (QED) is 0.708. The van der Waals surface area contributed by atoms with E-state index in [1.807, 2.05) is 0 Å². The molecule has 2 unspecified atom stereocenters. The zero-order valence-electron chi connectivity index (χ0n) is 11.7. The van der Waals surface area contributed by atoms with Crippen molar-refractivity contribution in [3.8, 4) is 0 Å². The lowest BCUT2D eigenvalue weighted by Gasteiger charge is -2.32. The van der Waals surface area contributed by atoms with E-state index in [4.69, 9.17) is 9.84 Å². The number of hydrogen-bond acceptors (Lipinski definition) is 5. The lowest BCUT2D eigenvalue weighted by atomic mass is 10.1. The Morgan fingerprint density at radius 2 is 2.14 bits per heavy atom. The largest absolute Gasteiger partial charge is 0.481 e. The number of aliphatic carboxylic acids is 1. The molecule has 0 aliphatic carbocycles. The fraction of sp³-hybridized carbons (Fsp3) is 0.833. The molecule has 9 heteroatoms. The van der Waals surface area contributed by atoms with Crippen LogP contribution in [0.4, 0.5) is 4.79 Å². The van der Waals surface area contributed by atoms with E-state index in [9.17, 15) is 18.0 Å². The van der Waals surface area contributed by atoms with Crippen molar-refractivity contribution in [2.45, 2.75) is 18.9 Å². The maximum Gasteiger partial charge on any atom is 0.317 e. The molecule has 0 aromatic rings. The second-order valence-electron chi connectivity index (χ2n) is 5.49. The highest BCUT2D eigenvalue weighted by Gasteiger charge is 2.30. The van der Waals surface area contributed by atoms with Crippen LogP contribution in [-0.2, 0) is 19.4 Å². The minimum atomic E-state index is -2.94. The fourth-order valence-corrected chi connectivity index (χ4v) is 4.46. The minimum Gasteiger partial charge on any atom is -0.481 e. The summed E-state index contributed by atoms with van der Waals surface area (Å²) < 4.78 is 28.0. The first-order valence-corrected chi connectivity index (χ1v) is 8.74. The standard InChI is InChI=1S/C12H20N2O6S/c15-11(16)5-10-7-14(2-3-20-10)12(17)13-6-9-1-4-21(18,19)8-9/h9-10H,1-8H2,(H,13,17)(H,15,16). The molecule has 2 aliphatic rings. The summed E-state index contributed by atoms with van der Waals surface area (Å²) in [6.45, 7) is 1.29. The van der Waals surface area contributed by atoms with Crippen molar-refractivity contribution in [2.24, 2.45) is 5.92 Å². The van der Waals surface area contributed by atoms with Crippen molar-refractivity contribution in [1.82, 2.24) is 10.2 Å². The van der Waals surface area contributed by atoms with Crippen molar-refractivity contribution in [2.75, 3.05) is 37.7 Å². The molecule has 2 saturated heterocycles. The molecular formula is C12H20N2O6S. The van der Waals surface area contributed by atoms with Crippen molar-refractivity contribution in [3.63, 3.8) is 0 Å². The van der Waals surface area contributed by atoms with E-state index in [2.05, 4.69) is 5.32 Å². The Labute approximate surface area is 123 Å². The number of rotatable bonds is 4. The number of ether oxygens (including phenoxy) is 1. The van der Waals surface area contributed by atoms with Crippen LogP contribution in [-0.4, -0.2) is 74.3 Å². The van der Waals surface area contributed by atoms with E-state index in [-0.39, 0.29) is 36.4 Å². The van der Waals surface area contributed by atoms with Gasteiger partial charge in [0, 0.05) is 19.6 Å². The molecule has 2 aliphatic heterocycles. The first-order valence-electron chi connectivity index (χ1n) is 6.92. The summed E-state index contributed by atoms with van der Waals surface area (Å²) >= 11 is 0. The summed E-state index contributed by atoms with van der Waals surface area (Å²) in [6.07, 6.45) is -0.0493. The molecular weight excluding hydrogens is 300 g/mol. The minimum absolute atomic E-state index is 0.0326. The number of carboxylic acid groups (broad SMARTS) is 1. The van der Waals surface area contributed by atoms with E-state index in [1.165, 1.54) is 4.90 Å². The Balaban J connectivity index is 1.76. The number of amides is 2. The molecule has 2 rings (SSSR count). The van der Waals surface area contributed by atoms with Gasteiger partial charge in [-0.25, -0.2) is 13.2 Å². The van der Waals surface area contributed by atoms with Crippen LogP contribution in [0, 0.1) is 5.92 Å². The SMILES string of the molecule is O=C(O)CC1CN(C(=O)NCC2CCS(=O)(=O)C2)CCO1. The van der Waals surface area contributed by atoms with Crippen LogP contribution >= 0.6 is 0 Å². The van der Waals surface area contributed by atoms with E-state index in [1.54, 1.807) is 0 Å². The van der Waals surface area contributed by atoms with Crippen LogP contribution < -0.4 is 5.32 Å². The third kappa shape index (κ3) is 4.85. The summed E-state index contributed by atoms with van der Waals surface area (Å²) in [7, 11) is -2.94. The average Bonchev–Trinajstić information content (AvgIpc) is 2.75. The highest BCUT2D eigenvalue weighted by atomic mass is 32.2. The number of urea groups is 1. The smallest absolute Gasteiger partial charge is 0.317 e. The average molecular weight is 320 g/mol. The number of carbonyl (C=O) groups excluding carboxylic acids is 1. The second kappa shape index (κ2) is 6.61. The van der Waals surface area contributed by atoms with Gasteiger partial charge < -0.3 is 20.1 Å². The van der Waals surface area contributed by atoms with E-state index in [0.717, 1.165) is 0 Å². The summed E-state index contributed by atoms with van der Waals surface area (Å²) in [4.78, 5) is 24.2. The molecule has 8 nitrogen and oxygen atoms in total. The molecule has 2 heterocycles. The normalized spacial score (nSPS) is 28.3. The van der Waals surface area contributed by atoms with E-state index < -0.39 is 21.9 Å². The molecule has 2 fully saturated rings. The predicted octanol–water partition coefficient (Wildman–Crippen LogP) is -0.694. The van der Waals surface area contributed by atoms with Gasteiger partial charge in [0.25, 0.3) is 0 Å². The van der Waals surface area contributed by atoms with Crippen molar-refractivity contribution < 1.29 is 27.9 Å². The Hall–Kier alpha value is -1.35. The van der Waals surface area contributed by atoms with Gasteiger partial charge >= 0.3 is 12.0 Å². The molecule has 0 radical (unpaired) electrons. The molecule has 0 aromatic heterocycles. The topological polar surface area (TPSA) is 113 Å². The molecule has 0 saturated carbocycles. The number of nitrogens with one attached hydrogen (secondary N) is 1. The van der Waals surface area contributed by atoms with Crippen LogP contribution in [0.5, 0.6) is 0 Å². The number of nitrogens with zero attached hydrogens (tertiary/aromatic N) is 1.